The van der Waals surface area contributed by atoms with Gasteiger partial charge in [0.1, 0.15) is 22.7 Å². The topological polar surface area (TPSA) is 199 Å². The number of thioether (sulfide) groups is 1. The summed E-state index contributed by atoms with van der Waals surface area (Å²) in [5.41, 5.74) is 3.85. The van der Waals surface area contributed by atoms with E-state index in [1.807, 2.05) is 47.5 Å². The minimum absolute atomic E-state index is 0.0157. The SMILES string of the molecule is Cc1sc2c(c1C)C(c1ccc(Cl)cc1)=N[C@@H](CC(=O)N1CCN(C(=O)CCCC(=O)NCCCOCCOCCOCCCCC(=O)CCCC[C@@H]3SC[C@@H]4NC(=O)N[C@@H]43)CC1)c1nnc(C)n1-2. The Hall–Kier alpha value is -4.40. The van der Waals surface area contributed by atoms with Crippen molar-refractivity contribution >= 4 is 69.9 Å². The molecule has 376 valence electrons. The molecule has 3 aromatic rings. The van der Waals surface area contributed by atoms with Crippen LogP contribution in [0.3, 0.4) is 0 Å². The number of carbonyl (C=O) groups is 5. The fourth-order valence-corrected chi connectivity index (χ4v) is 12.1. The van der Waals surface area contributed by atoms with Crippen molar-refractivity contribution in [1.29, 1.82) is 0 Å². The number of rotatable bonds is 27. The first-order valence-electron chi connectivity index (χ1n) is 24.6. The lowest BCUT2D eigenvalue weighted by Crippen LogP contribution is -2.50. The highest BCUT2D eigenvalue weighted by molar-refractivity contribution is 8.00. The predicted molar refractivity (Wildman–Crippen MR) is 268 cm³/mol. The molecule has 0 aliphatic carbocycles. The number of nitrogens with zero attached hydrogens (tertiary/aromatic N) is 6. The van der Waals surface area contributed by atoms with Crippen molar-refractivity contribution in [3.63, 3.8) is 0 Å². The van der Waals surface area contributed by atoms with E-state index in [0.717, 1.165) is 71.1 Å². The smallest absolute Gasteiger partial charge is 0.315 e. The summed E-state index contributed by atoms with van der Waals surface area (Å²) in [4.78, 5) is 73.2. The van der Waals surface area contributed by atoms with E-state index in [-0.39, 0.29) is 55.1 Å². The summed E-state index contributed by atoms with van der Waals surface area (Å²) in [7, 11) is 0. The van der Waals surface area contributed by atoms with Crippen LogP contribution in [-0.4, -0.2) is 155 Å². The Morgan fingerprint density at radius 2 is 1.45 bits per heavy atom. The molecule has 20 heteroatoms. The van der Waals surface area contributed by atoms with Gasteiger partial charge in [-0.05, 0) is 77.0 Å². The molecule has 2 aromatic heterocycles. The second kappa shape index (κ2) is 26.2. The third-order valence-corrected chi connectivity index (χ3v) is 16.1. The molecule has 4 atom stereocenters. The van der Waals surface area contributed by atoms with E-state index in [4.69, 9.17) is 30.8 Å². The molecule has 7 rings (SSSR count). The molecule has 0 bridgehead atoms. The number of unbranched alkanes of at least 4 members (excludes halogenated alkanes) is 2. The number of ketones is 1. The van der Waals surface area contributed by atoms with E-state index in [9.17, 15) is 24.0 Å². The standard InChI is InChI=1S/C49H68ClN9O8S2/c1-32-33(2)69-48-44(32)45(35-15-17-36(50)18-16-35)52-38(47-56-55-34(3)59(47)48)30-43(63)58-22-20-57(21-23-58)42(62)14-8-13-41(61)51-19-9-25-66-27-29-67-28-26-65-24-7-6-11-37(60)10-4-5-12-40-46-39(31-68-40)53-49(64)54-46/h15-18,38-40,46H,4-14,19-31H2,1-3H3,(H,51,61)(H2,53,54,64)/t38-,39-,40-,46-/m0/s1. The summed E-state index contributed by atoms with van der Waals surface area (Å²) in [5, 5.41) is 19.9. The van der Waals surface area contributed by atoms with Crippen molar-refractivity contribution in [2.24, 2.45) is 4.99 Å². The normalized spacial score (nSPS) is 19.6. The molecule has 5 amide bonds. The van der Waals surface area contributed by atoms with Crippen molar-refractivity contribution in [3.8, 4) is 5.00 Å². The largest absolute Gasteiger partial charge is 0.379 e. The number of halogens is 1. The Morgan fingerprint density at radius 3 is 2.17 bits per heavy atom. The predicted octanol–water partition coefficient (Wildman–Crippen LogP) is 6.05. The van der Waals surface area contributed by atoms with Crippen LogP contribution in [0.4, 0.5) is 4.79 Å². The van der Waals surface area contributed by atoms with Crippen molar-refractivity contribution in [2.45, 2.75) is 121 Å². The third kappa shape index (κ3) is 14.6. The number of aromatic nitrogens is 3. The van der Waals surface area contributed by atoms with Gasteiger partial charge in [-0.2, -0.15) is 11.8 Å². The summed E-state index contributed by atoms with van der Waals surface area (Å²) in [5.74, 6) is 2.47. The molecule has 1 aromatic carbocycles. The number of amides is 5. The second-order valence-corrected chi connectivity index (χ2v) is 21.0. The van der Waals surface area contributed by atoms with Gasteiger partial charge in [0.2, 0.25) is 17.7 Å². The van der Waals surface area contributed by atoms with Gasteiger partial charge in [0, 0.05) is 104 Å². The van der Waals surface area contributed by atoms with Crippen molar-refractivity contribution in [2.75, 3.05) is 78.1 Å². The molecule has 69 heavy (non-hydrogen) atoms. The summed E-state index contributed by atoms with van der Waals surface area (Å²) in [6.07, 6.45) is 7.60. The van der Waals surface area contributed by atoms with Gasteiger partial charge in [-0.1, -0.05) is 30.2 Å². The van der Waals surface area contributed by atoms with E-state index in [2.05, 4.69) is 40.0 Å². The number of aryl methyl sites for hydroxylation is 2. The minimum Gasteiger partial charge on any atom is -0.379 e. The van der Waals surface area contributed by atoms with Crippen molar-refractivity contribution in [3.05, 3.63) is 62.5 Å². The molecular weight excluding hydrogens is 942 g/mol. The maximum Gasteiger partial charge on any atom is 0.315 e. The monoisotopic (exact) mass is 1010 g/mol. The first-order valence-corrected chi connectivity index (χ1v) is 26.8. The Labute approximate surface area is 418 Å². The zero-order valence-electron chi connectivity index (χ0n) is 40.2. The molecular formula is C49H68ClN9O8S2. The molecule has 17 nitrogen and oxygen atoms in total. The van der Waals surface area contributed by atoms with Gasteiger partial charge >= 0.3 is 6.03 Å². The van der Waals surface area contributed by atoms with Gasteiger partial charge < -0.3 is 40.0 Å². The number of nitrogens with one attached hydrogen (secondary N) is 3. The maximum absolute atomic E-state index is 13.9. The summed E-state index contributed by atoms with van der Waals surface area (Å²) in [6.45, 7) is 11.3. The molecule has 3 fully saturated rings. The van der Waals surface area contributed by atoms with Gasteiger partial charge in [0.05, 0.1) is 50.6 Å². The summed E-state index contributed by atoms with van der Waals surface area (Å²) >= 11 is 9.84. The van der Waals surface area contributed by atoms with Gasteiger partial charge in [0.15, 0.2) is 5.82 Å². The van der Waals surface area contributed by atoms with Crippen LogP contribution in [0.25, 0.3) is 5.00 Å². The Balaban J connectivity index is 0.677. The van der Waals surface area contributed by atoms with Crippen LogP contribution in [0, 0.1) is 20.8 Å². The fraction of sp³-hybridized carbons (Fsp3) is 0.633. The van der Waals surface area contributed by atoms with Crippen molar-refractivity contribution in [1.82, 2.24) is 40.5 Å². The molecule has 6 heterocycles. The van der Waals surface area contributed by atoms with Crippen LogP contribution < -0.4 is 16.0 Å². The first kappa shape index (κ1) is 52.4. The molecule has 0 unspecified atom stereocenters. The average molecular weight is 1010 g/mol. The fourth-order valence-electron chi connectivity index (χ4n) is 9.18. The summed E-state index contributed by atoms with van der Waals surface area (Å²) < 4.78 is 18.9. The first-order chi connectivity index (χ1) is 33.5. The third-order valence-electron chi connectivity index (χ3n) is 13.2. The van der Waals surface area contributed by atoms with E-state index < -0.39 is 6.04 Å². The van der Waals surface area contributed by atoms with E-state index in [1.54, 1.807) is 21.1 Å². The molecule has 0 radical (unpaired) electrons. The number of benzene rings is 1. The highest BCUT2D eigenvalue weighted by Crippen LogP contribution is 2.40. The zero-order valence-corrected chi connectivity index (χ0v) is 42.6. The highest BCUT2D eigenvalue weighted by Gasteiger charge is 2.42. The Morgan fingerprint density at radius 1 is 0.783 bits per heavy atom. The van der Waals surface area contributed by atoms with Gasteiger partial charge in [0.25, 0.3) is 0 Å². The Bertz CT molecular complexity index is 2260. The van der Waals surface area contributed by atoms with Gasteiger partial charge in [-0.3, -0.25) is 28.7 Å². The lowest BCUT2D eigenvalue weighted by atomic mass is 9.99. The molecule has 4 aliphatic rings. The molecule has 0 saturated carbocycles. The number of piperazine rings is 1. The minimum atomic E-state index is -0.563. The molecule has 3 saturated heterocycles. The number of hydrogen-bond acceptors (Lipinski definition) is 13. The average Bonchev–Trinajstić information content (AvgIpc) is 4.07. The van der Waals surface area contributed by atoms with Gasteiger partial charge in [-0.15, -0.1) is 21.5 Å². The van der Waals surface area contributed by atoms with Crippen LogP contribution in [0.2, 0.25) is 5.02 Å². The second-order valence-electron chi connectivity index (χ2n) is 18.1. The van der Waals surface area contributed by atoms with E-state index >= 15 is 0 Å². The molecule has 0 spiro atoms. The number of thiophene rings is 1. The zero-order chi connectivity index (χ0) is 48.7. The number of hydrogen-bond donors (Lipinski definition) is 3. The Kier molecular flexibility index (Phi) is 19.9. The number of urea groups is 1. The lowest BCUT2D eigenvalue weighted by Gasteiger charge is -2.35. The number of Topliss-reactive ketones (excluding diaryl/α,β-unsaturated/α-hetero) is 1. The van der Waals surface area contributed by atoms with Gasteiger partial charge in [-0.25, -0.2) is 4.79 Å². The lowest BCUT2D eigenvalue weighted by molar-refractivity contribution is -0.140. The van der Waals surface area contributed by atoms with Crippen molar-refractivity contribution < 1.29 is 38.2 Å². The van der Waals surface area contributed by atoms with Crippen LogP contribution >= 0.6 is 34.7 Å². The van der Waals surface area contributed by atoms with E-state index in [0.29, 0.717) is 120 Å². The highest BCUT2D eigenvalue weighted by atomic mass is 35.5. The molecule has 3 N–H and O–H groups in total. The number of fused-ring (bicyclic) bond motifs is 4. The number of aliphatic imine (C=N–C) groups is 1. The molecule has 4 aliphatic heterocycles. The van der Waals surface area contributed by atoms with Crippen LogP contribution in [0.15, 0.2) is 29.3 Å². The summed E-state index contributed by atoms with van der Waals surface area (Å²) in [6, 6.07) is 7.46. The van der Waals surface area contributed by atoms with E-state index in [1.165, 1.54) is 4.88 Å². The van der Waals surface area contributed by atoms with Crippen LogP contribution in [-0.2, 0) is 33.4 Å². The number of carbonyl (C=O) groups excluding carboxylic acids is 5. The van der Waals surface area contributed by atoms with Crippen LogP contribution in [0.1, 0.15) is 116 Å². The number of ether oxygens (including phenoxy) is 3. The maximum atomic E-state index is 13.9. The van der Waals surface area contributed by atoms with Crippen LogP contribution in [0.5, 0.6) is 0 Å². The quantitative estimate of drug-likeness (QED) is 0.0594.